The molecule has 0 aromatic heterocycles. The summed E-state index contributed by atoms with van der Waals surface area (Å²) in [7, 11) is -1.61. The van der Waals surface area contributed by atoms with E-state index in [1.807, 2.05) is 24.3 Å². The summed E-state index contributed by atoms with van der Waals surface area (Å²) in [6, 6.07) is 12.3. The molecule has 3 rings (SSSR count). The molecule has 2 aromatic carbocycles. The van der Waals surface area contributed by atoms with E-state index in [2.05, 4.69) is 5.32 Å². The highest BCUT2D eigenvalue weighted by molar-refractivity contribution is 7.91. The van der Waals surface area contributed by atoms with Gasteiger partial charge in [0.05, 0.1) is 17.8 Å². The second-order valence-corrected chi connectivity index (χ2v) is 7.82. The Labute approximate surface area is 141 Å². The lowest BCUT2D eigenvalue weighted by Crippen LogP contribution is -2.24. The van der Waals surface area contributed by atoms with E-state index in [1.54, 1.807) is 25.3 Å². The molecule has 1 amide bonds. The quantitative estimate of drug-likeness (QED) is 0.923. The smallest absolute Gasteiger partial charge is 0.251 e. The fourth-order valence-corrected chi connectivity index (χ4v) is 4.49. The van der Waals surface area contributed by atoms with Gasteiger partial charge in [0, 0.05) is 17.7 Å². The van der Waals surface area contributed by atoms with Gasteiger partial charge >= 0.3 is 0 Å². The van der Waals surface area contributed by atoms with Gasteiger partial charge < -0.3 is 10.1 Å². The molecule has 1 aliphatic heterocycles. The highest BCUT2D eigenvalue weighted by Gasteiger charge is 2.24. The van der Waals surface area contributed by atoms with Crippen LogP contribution in [0.25, 0.3) is 0 Å². The Morgan fingerprint density at radius 3 is 2.79 bits per heavy atom. The minimum Gasteiger partial charge on any atom is -0.496 e. The molecule has 0 bridgehead atoms. The Kier molecular flexibility index (Phi) is 4.57. The molecule has 126 valence electrons. The highest BCUT2D eigenvalue weighted by Crippen LogP contribution is 2.26. The van der Waals surface area contributed by atoms with Crippen LogP contribution in [0.3, 0.4) is 0 Å². The van der Waals surface area contributed by atoms with E-state index >= 15 is 0 Å². The van der Waals surface area contributed by atoms with Gasteiger partial charge in [-0.3, -0.25) is 4.79 Å². The first kappa shape index (κ1) is 16.5. The van der Waals surface area contributed by atoms with Crippen molar-refractivity contribution >= 4 is 15.7 Å². The molecule has 2 aromatic rings. The van der Waals surface area contributed by atoms with Crippen LogP contribution < -0.4 is 10.1 Å². The maximum atomic E-state index is 12.4. The third-order valence-electron chi connectivity index (χ3n) is 4.15. The largest absolute Gasteiger partial charge is 0.496 e. The number of ether oxygens (including phenoxy) is 1. The van der Waals surface area contributed by atoms with Crippen molar-refractivity contribution in [3.8, 4) is 5.75 Å². The maximum absolute atomic E-state index is 12.4. The standard InChI is InChI=1S/C18H19NO4S/c1-23-16-7-3-2-5-15(16)12-19-18(20)14-8-9-17-13(11-14)6-4-10-24(17,21)22/h2-3,5,7-9,11H,4,6,10,12H2,1H3,(H,19,20). The molecule has 5 nitrogen and oxygen atoms in total. The van der Waals surface area contributed by atoms with Crippen LogP contribution in [0.15, 0.2) is 47.4 Å². The number of hydrogen-bond acceptors (Lipinski definition) is 4. The van der Waals surface area contributed by atoms with E-state index in [0.717, 1.165) is 11.1 Å². The van der Waals surface area contributed by atoms with Gasteiger partial charge in [-0.15, -0.1) is 0 Å². The summed E-state index contributed by atoms with van der Waals surface area (Å²) in [6.07, 6.45) is 1.28. The number of fused-ring (bicyclic) bond motifs is 1. The molecule has 0 fully saturated rings. The number of aryl methyl sites for hydroxylation is 1. The lowest BCUT2D eigenvalue weighted by Gasteiger charge is -2.17. The SMILES string of the molecule is COc1ccccc1CNC(=O)c1ccc2c(c1)CCCS2(=O)=O. The molecule has 24 heavy (non-hydrogen) atoms. The monoisotopic (exact) mass is 345 g/mol. The first-order valence-corrected chi connectivity index (χ1v) is 9.42. The summed E-state index contributed by atoms with van der Waals surface area (Å²) in [4.78, 5) is 12.7. The summed E-state index contributed by atoms with van der Waals surface area (Å²) in [5.74, 6) is 0.667. The van der Waals surface area contributed by atoms with Gasteiger partial charge in [-0.1, -0.05) is 18.2 Å². The van der Waals surface area contributed by atoms with Gasteiger partial charge in [-0.05, 0) is 42.7 Å². The molecular weight excluding hydrogens is 326 g/mol. The minimum atomic E-state index is -3.20. The van der Waals surface area contributed by atoms with Crippen LogP contribution in [0.1, 0.15) is 27.9 Å². The number of rotatable bonds is 4. The molecule has 0 atom stereocenters. The van der Waals surface area contributed by atoms with Gasteiger partial charge in [0.2, 0.25) is 0 Å². The maximum Gasteiger partial charge on any atom is 0.251 e. The minimum absolute atomic E-state index is 0.180. The second kappa shape index (κ2) is 6.65. The number of nitrogens with one attached hydrogen (secondary N) is 1. The molecule has 0 unspecified atom stereocenters. The Bertz CT molecular complexity index is 874. The summed E-state index contributed by atoms with van der Waals surface area (Å²) in [5, 5.41) is 2.85. The van der Waals surface area contributed by atoms with Crippen LogP contribution in [0, 0.1) is 0 Å². The molecule has 1 heterocycles. The number of sulfone groups is 1. The van der Waals surface area contributed by atoms with Crippen LogP contribution in [0.2, 0.25) is 0 Å². The zero-order chi connectivity index (χ0) is 17.2. The van der Waals surface area contributed by atoms with Gasteiger partial charge in [-0.2, -0.15) is 0 Å². The molecule has 0 spiro atoms. The van der Waals surface area contributed by atoms with E-state index in [0.29, 0.717) is 35.6 Å². The van der Waals surface area contributed by atoms with Crippen LogP contribution in [0.4, 0.5) is 0 Å². The van der Waals surface area contributed by atoms with Crippen molar-refractivity contribution < 1.29 is 17.9 Å². The van der Waals surface area contributed by atoms with Crippen molar-refractivity contribution in [2.45, 2.75) is 24.3 Å². The molecular formula is C18H19NO4S. The number of amides is 1. The van der Waals surface area contributed by atoms with Gasteiger partial charge in [0.15, 0.2) is 9.84 Å². The van der Waals surface area contributed by atoms with E-state index in [9.17, 15) is 13.2 Å². The molecule has 0 saturated heterocycles. The van der Waals surface area contributed by atoms with Crippen molar-refractivity contribution in [2.75, 3.05) is 12.9 Å². The summed E-state index contributed by atoms with van der Waals surface area (Å²) < 4.78 is 29.3. The zero-order valence-electron chi connectivity index (χ0n) is 13.4. The van der Waals surface area contributed by atoms with Crippen LogP contribution in [-0.4, -0.2) is 27.2 Å². The van der Waals surface area contributed by atoms with Crippen molar-refractivity contribution in [2.24, 2.45) is 0 Å². The summed E-state index contributed by atoms with van der Waals surface area (Å²) >= 11 is 0. The molecule has 1 N–H and O–H groups in total. The van der Waals surface area contributed by atoms with Crippen LogP contribution in [-0.2, 0) is 22.8 Å². The van der Waals surface area contributed by atoms with E-state index in [4.69, 9.17) is 4.74 Å². The normalized spacial score (nSPS) is 15.4. The Morgan fingerprint density at radius 2 is 2.00 bits per heavy atom. The molecule has 0 aliphatic carbocycles. The van der Waals surface area contributed by atoms with Crippen molar-refractivity contribution in [3.63, 3.8) is 0 Å². The molecule has 1 aliphatic rings. The Hall–Kier alpha value is -2.34. The van der Waals surface area contributed by atoms with Crippen LogP contribution >= 0.6 is 0 Å². The molecule has 0 radical (unpaired) electrons. The van der Waals surface area contributed by atoms with E-state index < -0.39 is 9.84 Å². The first-order valence-electron chi connectivity index (χ1n) is 7.77. The lowest BCUT2D eigenvalue weighted by molar-refractivity contribution is 0.0950. The van der Waals surface area contributed by atoms with E-state index in [-0.39, 0.29) is 11.7 Å². The Morgan fingerprint density at radius 1 is 1.21 bits per heavy atom. The number of benzene rings is 2. The number of carbonyl (C=O) groups excluding carboxylic acids is 1. The predicted molar refractivity (Wildman–Crippen MR) is 91.0 cm³/mol. The topological polar surface area (TPSA) is 72.5 Å². The Balaban J connectivity index is 1.76. The predicted octanol–water partition coefficient (Wildman–Crippen LogP) is 2.35. The average Bonchev–Trinajstić information content (AvgIpc) is 2.59. The fraction of sp³-hybridized carbons (Fsp3) is 0.278. The molecule has 0 saturated carbocycles. The van der Waals surface area contributed by atoms with E-state index in [1.165, 1.54) is 0 Å². The average molecular weight is 345 g/mol. The highest BCUT2D eigenvalue weighted by atomic mass is 32.2. The van der Waals surface area contributed by atoms with Crippen molar-refractivity contribution in [1.29, 1.82) is 0 Å². The summed E-state index contributed by atoms with van der Waals surface area (Å²) in [5.41, 5.74) is 2.08. The lowest BCUT2D eigenvalue weighted by atomic mass is 10.1. The van der Waals surface area contributed by atoms with Crippen molar-refractivity contribution in [3.05, 3.63) is 59.2 Å². The third kappa shape index (κ3) is 3.28. The summed E-state index contributed by atoms with van der Waals surface area (Å²) in [6.45, 7) is 0.345. The number of carbonyl (C=O) groups is 1. The van der Waals surface area contributed by atoms with Gasteiger partial charge in [-0.25, -0.2) is 8.42 Å². The second-order valence-electron chi connectivity index (χ2n) is 5.74. The number of hydrogen-bond donors (Lipinski definition) is 1. The zero-order valence-corrected chi connectivity index (χ0v) is 14.2. The number of methoxy groups -OCH3 is 1. The third-order valence-corrected chi connectivity index (χ3v) is 6.04. The van der Waals surface area contributed by atoms with Crippen molar-refractivity contribution in [1.82, 2.24) is 5.32 Å². The van der Waals surface area contributed by atoms with Gasteiger partial charge in [0.25, 0.3) is 5.91 Å². The van der Waals surface area contributed by atoms with Crippen LogP contribution in [0.5, 0.6) is 5.75 Å². The fourth-order valence-electron chi connectivity index (χ4n) is 2.91. The van der Waals surface area contributed by atoms with Gasteiger partial charge in [0.1, 0.15) is 5.75 Å². The number of para-hydroxylation sites is 1. The first-order chi connectivity index (χ1) is 11.5. The molecule has 6 heteroatoms.